The third-order valence-electron chi connectivity index (χ3n) is 3.67. The lowest BCUT2D eigenvalue weighted by Crippen LogP contribution is -2.19. The molecule has 1 aromatic heterocycles. The zero-order valence-electron chi connectivity index (χ0n) is 11.7. The smallest absolute Gasteiger partial charge is 0.259 e. The van der Waals surface area contributed by atoms with Crippen LogP contribution in [0.15, 0.2) is 12.1 Å². The molecule has 0 bridgehead atoms. The van der Waals surface area contributed by atoms with Gasteiger partial charge in [0, 0.05) is 4.88 Å². The van der Waals surface area contributed by atoms with Gasteiger partial charge in [0.2, 0.25) is 0 Å². The zero-order chi connectivity index (χ0) is 16.7. The van der Waals surface area contributed by atoms with Crippen molar-refractivity contribution < 1.29 is 22.8 Å². The highest BCUT2D eigenvalue weighted by Gasteiger charge is 2.27. The molecule has 23 heavy (non-hydrogen) atoms. The van der Waals surface area contributed by atoms with Crippen LogP contribution in [-0.4, -0.2) is 11.8 Å². The van der Waals surface area contributed by atoms with E-state index in [1.807, 2.05) is 0 Å². The van der Waals surface area contributed by atoms with E-state index in [-0.39, 0.29) is 10.6 Å². The summed E-state index contributed by atoms with van der Waals surface area (Å²) in [5.41, 5.74) is 5.71. The van der Waals surface area contributed by atoms with Crippen LogP contribution in [-0.2, 0) is 12.8 Å². The van der Waals surface area contributed by atoms with Gasteiger partial charge in [-0.2, -0.15) is 0 Å². The number of carbonyl (C=O) groups is 2. The van der Waals surface area contributed by atoms with E-state index in [9.17, 15) is 22.8 Å². The molecule has 2 amide bonds. The average Bonchev–Trinajstić information content (AvgIpc) is 3.04. The molecule has 120 valence electrons. The molecule has 1 aromatic carbocycles. The number of anilines is 1. The fourth-order valence-corrected chi connectivity index (χ4v) is 3.91. The third kappa shape index (κ3) is 2.59. The normalized spacial score (nSPS) is 13.0. The van der Waals surface area contributed by atoms with E-state index in [1.54, 1.807) is 0 Å². The van der Waals surface area contributed by atoms with Crippen molar-refractivity contribution in [1.29, 1.82) is 0 Å². The van der Waals surface area contributed by atoms with E-state index in [0.717, 1.165) is 29.3 Å². The minimum absolute atomic E-state index is 0.205. The second-order valence-electron chi connectivity index (χ2n) is 5.10. The highest BCUT2D eigenvalue weighted by Crippen LogP contribution is 2.39. The summed E-state index contributed by atoms with van der Waals surface area (Å²) in [5, 5.41) is 2.58. The molecule has 0 saturated carbocycles. The molecule has 0 spiro atoms. The van der Waals surface area contributed by atoms with Crippen LogP contribution in [0.25, 0.3) is 0 Å². The monoisotopic (exact) mass is 340 g/mol. The van der Waals surface area contributed by atoms with Crippen LogP contribution in [0.1, 0.15) is 37.6 Å². The number of amides is 2. The maximum absolute atomic E-state index is 13.7. The summed E-state index contributed by atoms with van der Waals surface area (Å²) >= 11 is 1.19. The fourth-order valence-electron chi connectivity index (χ4n) is 2.62. The van der Waals surface area contributed by atoms with Crippen molar-refractivity contribution in [3.63, 3.8) is 0 Å². The molecule has 0 unspecified atom stereocenters. The van der Waals surface area contributed by atoms with Crippen molar-refractivity contribution in [2.45, 2.75) is 19.3 Å². The Labute approximate surface area is 133 Å². The second-order valence-corrected chi connectivity index (χ2v) is 6.21. The van der Waals surface area contributed by atoms with E-state index in [0.29, 0.717) is 12.5 Å². The standard InChI is InChI=1S/C15H11F3N2O2S/c16-8-5-4-7(11(17)12(8)18)14(22)20-15-10(13(19)21)6-2-1-3-9(6)23-15/h4-5H,1-3H2,(H2,19,21)(H,20,22). The third-order valence-corrected chi connectivity index (χ3v) is 4.88. The largest absolute Gasteiger partial charge is 0.365 e. The molecule has 4 nitrogen and oxygen atoms in total. The fraction of sp³-hybridized carbons (Fsp3) is 0.200. The Morgan fingerprint density at radius 1 is 1.13 bits per heavy atom. The van der Waals surface area contributed by atoms with Crippen LogP contribution >= 0.6 is 11.3 Å². The second kappa shape index (κ2) is 5.69. The van der Waals surface area contributed by atoms with Gasteiger partial charge in [0.1, 0.15) is 5.00 Å². The number of aryl methyl sites for hydroxylation is 1. The van der Waals surface area contributed by atoms with E-state index >= 15 is 0 Å². The van der Waals surface area contributed by atoms with E-state index in [4.69, 9.17) is 5.73 Å². The molecule has 0 aliphatic heterocycles. The van der Waals surface area contributed by atoms with Crippen molar-refractivity contribution in [3.8, 4) is 0 Å². The summed E-state index contributed by atoms with van der Waals surface area (Å²) in [6, 6.07) is 1.51. The number of benzene rings is 1. The Morgan fingerprint density at radius 3 is 2.57 bits per heavy atom. The van der Waals surface area contributed by atoms with Gasteiger partial charge in [-0.05, 0) is 37.0 Å². The van der Waals surface area contributed by atoms with Gasteiger partial charge in [-0.1, -0.05) is 0 Å². The number of hydrogen-bond acceptors (Lipinski definition) is 3. The maximum Gasteiger partial charge on any atom is 0.259 e. The Bertz CT molecular complexity index is 833. The zero-order valence-corrected chi connectivity index (χ0v) is 12.5. The Morgan fingerprint density at radius 2 is 1.87 bits per heavy atom. The molecular weight excluding hydrogens is 329 g/mol. The Balaban J connectivity index is 1.96. The van der Waals surface area contributed by atoms with Crippen molar-refractivity contribution in [1.82, 2.24) is 0 Å². The predicted molar refractivity (Wildman–Crippen MR) is 79.1 cm³/mol. The number of nitrogens with two attached hydrogens (primary N) is 1. The summed E-state index contributed by atoms with van der Waals surface area (Å²) in [5.74, 6) is -6.34. The van der Waals surface area contributed by atoms with E-state index in [1.165, 1.54) is 11.3 Å². The minimum atomic E-state index is -1.72. The lowest BCUT2D eigenvalue weighted by atomic mass is 10.1. The minimum Gasteiger partial charge on any atom is -0.365 e. The van der Waals surface area contributed by atoms with Gasteiger partial charge in [0.25, 0.3) is 11.8 Å². The van der Waals surface area contributed by atoms with Gasteiger partial charge in [-0.3, -0.25) is 9.59 Å². The number of halogens is 3. The Hall–Kier alpha value is -2.35. The first kappa shape index (κ1) is 15.5. The number of thiophene rings is 1. The summed E-state index contributed by atoms with van der Waals surface area (Å²) in [6.45, 7) is 0. The SMILES string of the molecule is NC(=O)c1c(NC(=O)c2ccc(F)c(F)c2F)sc2c1CCC2. The molecule has 3 rings (SSSR count). The van der Waals surface area contributed by atoms with Crippen molar-refractivity contribution >= 4 is 28.2 Å². The first-order valence-corrected chi connectivity index (χ1v) is 7.61. The highest BCUT2D eigenvalue weighted by molar-refractivity contribution is 7.17. The van der Waals surface area contributed by atoms with E-state index in [2.05, 4.69) is 5.32 Å². The van der Waals surface area contributed by atoms with Crippen LogP contribution in [0, 0.1) is 17.5 Å². The molecule has 0 atom stereocenters. The number of primary amides is 1. The molecule has 2 aromatic rings. The molecule has 1 aliphatic rings. The van der Waals surface area contributed by atoms with Crippen molar-refractivity contribution in [2.75, 3.05) is 5.32 Å². The van der Waals surface area contributed by atoms with Crippen LogP contribution in [0.4, 0.5) is 18.2 Å². The molecule has 1 heterocycles. The van der Waals surface area contributed by atoms with Crippen LogP contribution in [0.2, 0.25) is 0 Å². The molecule has 0 saturated heterocycles. The summed E-state index contributed by atoms with van der Waals surface area (Å²) in [6.07, 6.45) is 2.35. The summed E-state index contributed by atoms with van der Waals surface area (Å²) < 4.78 is 39.8. The Kier molecular flexibility index (Phi) is 3.85. The molecule has 1 aliphatic carbocycles. The number of hydrogen-bond donors (Lipinski definition) is 2. The predicted octanol–water partition coefficient (Wildman–Crippen LogP) is 3.01. The summed E-state index contributed by atoms with van der Waals surface area (Å²) in [4.78, 5) is 24.7. The number of carbonyl (C=O) groups excluding carboxylic acids is 2. The number of rotatable bonds is 3. The van der Waals surface area contributed by atoms with Crippen molar-refractivity contribution in [3.05, 3.63) is 51.2 Å². The molecule has 8 heteroatoms. The first-order chi connectivity index (χ1) is 10.9. The number of fused-ring (bicyclic) bond motifs is 1. The highest BCUT2D eigenvalue weighted by atomic mass is 32.1. The van der Waals surface area contributed by atoms with Gasteiger partial charge in [0.05, 0.1) is 11.1 Å². The van der Waals surface area contributed by atoms with Gasteiger partial charge in [-0.15, -0.1) is 11.3 Å². The van der Waals surface area contributed by atoms with Gasteiger partial charge in [0.15, 0.2) is 17.5 Å². The van der Waals surface area contributed by atoms with Crippen LogP contribution in [0.3, 0.4) is 0 Å². The maximum atomic E-state index is 13.7. The van der Waals surface area contributed by atoms with Crippen LogP contribution in [0.5, 0.6) is 0 Å². The van der Waals surface area contributed by atoms with Gasteiger partial charge >= 0.3 is 0 Å². The summed E-state index contributed by atoms with van der Waals surface area (Å²) in [7, 11) is 0. The first-order valence-electron chi connectivity index (χ1n) is 6.79. The van der Waals surface area contributed by atoms with Crippen molar-refractivity contribution in [2.24, 2.45) is 5.73 Å². The topological polar surface area (TPSA) is 72.2 Å². The lowest BCUT2D eigenvalue weighted by molar-refractivity contribution is 0.100. The van der Waals surface area contributed by atoms with Gasteiger partial charge in [-0.25, -0.2) is 13.2 Å². The average molecular weight is 340 g/mol. The van der Waals surface area contributed by atoms with Crippen LogP contribution < -0.4 is 11.1 Å². The van der Waals surface area contributed by atoms with Gasteiger partial charge < -0.3 is 11.1 Å². The number of nitrogens with one attached hydrogen (secondary N) is 1. The molecular formula is C15H11F3N2O2S. The quantitative estimate of drug-likeness (QED) is 0.843. The van der Waals surface area contributed by atoms with E-state index < -0.39 is 34.8 Å². The molecule has 0 fully saturated rings. The molecule has 0 radical (unpaired) electrons. The molecule has 3 N–H and O–H groups in total. The lowest BCUT2D eigenvalue weighted by Gasteiger charge is -2.07.